The van der Waals surface area contributed by atoms with Crippen LogP contribution in [0.3, 0.4) is 0 Å². The van der Waals surface area contributed by atoms with Crippen molar-refractivity contribution in [3.8, 4) is 0 Å². The number of halogens is 3. The first-order valence-corrected chi connectivity index (χ1v) is 5.21. The van der Waals surface area contributed by atoms with E-state index >= 15 is 0 Å². The van der Waals surface area contributed by atoms with Crippen molar-refractivity contribution in [1.29, 1.82) is 0 Å². The quantitative estimate of drug-likeness (QED) is 0.482. The second-order valence-electron chi connectivity index (χ2n) is 3.84. The maximum Gasteiger partial charge on any atom is 0.490 e. The maximum absolute atomic E-state index is 12.0. The lowest BCUT2D eigenvalue weighted by Crippen LogP contribution is -2.29. The molecule has 0 amide bonds. The summed E-state index contributed by atoms with van der Waals surface area (Å²) in [7, 11) is 0. The SMILES string of the molecule is CC(Cc1cccc([N+](=O)[O-])c1)OC(=O)C(F)(F)F. The van der Waals surface area contributed by atoms with Gasteiger partial charge in [-0.2, -0.15) is 13.2 Å². The second kappa shape index (κ2) is 5.68. The van der Waals surface area contributed by atoms with E-state index < -0.39 is 23.2 Å². The van der Waals surface area contributed by atoms with E-state index in [0.717, 1.165) is 0 Å². The first-order chi connectivity index (χ1) is 8.70. The minimum Gasteiger partial charge on any atom is -0.456 e. The van der Waals surface area contributed by atoms with Crippen molar-refractivity contribution in [3.05, 3.63) is 39.9 Å². The van der Waals surface area contributed by atoms with Crippen molar-refractivity contribution in [1.82, 2.24) is 0 Å². The van der Waals surface area contributed by atoms with E-state index in [1.807, 2.05) is 0 Å². The van der Waals surface area contributed by atoms with Gasteiger partial charge in [-0.25, -0.2) is 4.79 Å². The Balaban J connectivity index is 2.67. The summed E-state index contributed by atoms with van der Waals surface area (Å²) < 4.78 is 40.0. The molecule has 0 aliphatic heterocycles. The van der Waals surface area contributed by atoms with Crippen molar-refractivity contribution < 1.29 is 27.6 Å². The lowest BCUT2D eigenvalue weighted by atomic mass is 10.1. The van der Waals surface area contributed by atoms with Crippen LogP contribution in [0.2, 0.25) is 0 Å². The van der Waals surface area contributed by atoms with Gasteiger partial charge in [0, 0.05) is 18.6 Å². The number of non-ortho nitro benzene ring substituents is 1. The minimum absolute atomic E-state index is 0.0382. The number of carbonyl (C=O) groups excluding carboxylic acids is 1. The topological polar surface area (TPSA) is 69.4 Å². The molecule has 104 valence electrons. The molecule has 0 saturated carbocycles. The van der Waals surface area contributed by atoms with Crippen molar-refractivity contribution in [2.24, 2.45) is 0 Å². The molecule has 1 aromatic carbocycles. The molecule has 0 N–H and O–H groups in total. The van der Waals surface area contributed by atoms with Crippen molar-refractivity contribution in [3.63, 3.8) is 0 Å². The van der Waals surface area contributed by atoms with Gasteiger partial charge in [-0.3, -0.25) is 10.1 Å². The second-order valence-corrected chi connectivity index (χ2v) is 3.84. The summed E-state index contributed by atoms with van der Waals surface area (Å²) in [4.78, 5) is 20.5. The summed E-state index contributed by atoms with van der Waals surface area (Å²) in [6, 6.07) is 5.39. The number of nitro groups is 1. The van der Waals surface area contributed by atoms with Gasteiger partial charge in [-0.1, -0.05) is 12.1 Å². The first-order valence-electron chi connectivity index (χ1n) is 5.21. The zero-order valence-corrected chi connectivity index (χ0v) is 9.81. The molecule has 0 fully saturated rings. The maximum atomic E-state index is 12.0. The van der Waals surface area contributed by atoms with Gasteiger partial charge in [0.25, 0.3) is 5.69 Å². The third-order valence-corrected chi connectivity index (χ3v) is 2.18. The van der Waals surface area contributed by atoms with Crippen molar-refractivity contribution in [2.45, 2.75) is 25.6 Å². The van der Waals surface area contributed by atoms with Gasteiger partial charge in [0.2, 0.25) is 0 Å². The van der Waals surface area contributed by atoms with Crippen LogP contribution in [-0.4, -0.2) is 23.2 Å². The van der Waals surface area contributed by atoms with Crippen LogP contribution in [0.15, 0.2) is 24.3 Å². The normalized spacial score (nSPS) is 12.8. The molecule has 1 unspecified atom stereocenters. The van der Waals surface area contributed by atoms with Crippen molar-refractivity contribution >= 4 is 11.7 Å². The highest BCUT2D eigenvalue weighted by Gasteiger charge is 2.41. The van der Waals surface area contributed by atoms with Crippen molar-refractivity contribution in [2.75, 3.05) is 0 Å². The first kappa shape index (κ1) is 14.9. The molecule has 0 saturated heterocycles. The predicted molar refractivity (Wildman–Crippen MR) is 58.4 cm³/mol. The highest BCUT2D eigenvalue weighted by Crippen LogP contribution is 2.19. The molecule has 5 nitrogen and oxygen atoms in total. The molecule has 1 atom stereocenters. The molecule has 0 bridgehead atoms. The fourth-order valence-corrected chi connectivity index (χ4v) is 1.42. The van der Waals surface area contributed by atoms with Gasteiger partial charge in [-0.05, 0) is 12.5 Å². The number of nitro benzene ring substituents is 1. The number of alkyl halides is 3. The van der Waals surface area contributed by atoms with E-state index in [0.29, 0.717) is 5.56 Å². The van der Waals surface area contributed by atoms with Crippen LogP contribution in [0.5, 0.6) is 0 Å². The molecular weight excluding hydrogens is 267 g/mol. The molecule has 8 heteroatoms. The lowest BCUT2D eigenvalue weighted by Gasteiger charge is -2.14. The Labute approximate surface area is 106 Å². The summed E-state index contributed by atoms with van der Waals surface area (Å²) in [6.45, 7) is 1.28. The van der Waals surface area contributed by atoms with Crippen LogP contribution in [-0.2, 0) is 16.0 Å². The third kappa shape index (κ3) is 4.57. The molecule has 19 heavy (non-hydrogen) atoms. The van der Waals surface area contributed by atoms with Gasteiger partial charge < -0.3 is 4.74 Å². The number of ether oxygens (including phenoxy) is 1. The fourth-order valence-electron chi connectivity index (χ4n) is 1.42. The fraction of sp³-hybridized carbons (Fsp3) is 0.364. The number of hydrogen-bond donors (Lipinski definition) is 0. The van der Waals surface area contributed by atoms with Gasteiger partial charge in [0.15, 0.2) is 0 Å². The molecule has 0 aromatic heterocycles. The Morgan fingerprint density at radius 2 is 2.11 bits per heavy atom. The van der Waals surface area contributed by atoms with Crippen LogP contribution >= 0.6 is 0 Å². The van der Waals surface area contributed by atoms with Crippen LogP contribution in [0, 0.1) is 10.1 Å². The van der Waals surface area contributed by atoms with E-state index in [1.54, 1.807) is 0 Å². The van der Waals surface area contributed by atoms with Gasteiger partial charge >= 0.3 is 12.1 Å². The number of esters is 1. The molecule has 0 heterocycles. The zero-order valence-electron chi connectivity index (χ0n) is 9.81. The van der Waals surface area contributed by atoms with E-state index in [9.17, 15) is 28.1 Å². The van der Waals surface area contributed by atoms with Crippen LogP contribution in [0.1, 0.15) is 12.5 Å². The van der Waals surface area contributed by atoms with E-state index in [2.05, 4.69) is 4.74 Å². The van der Waals surface area contributed by atoms with E-state index in [-0.39, 0.29) is 12.1 Å². The summed E-state index contributed by atoms with van der Waals surface area (Å²) in [5, 5.41) is 10.5. The largest absolute Gasteiger partial charge is 0.490 e. The van der Waals surface area contributed by atoms with Crippen LogP contribution in [0.4, 0.5) is 18.9 Å². The van der Waals surface area contributed by atoms with E-state index in [1.165, 1.54) is 31.2 Å². The Hall–Kier alpha value is -2.12. The molecule has 1 rings (SSSR count). The smallest absolute Gasteiger partial charge is 0.456 e. The van der Waals surface area contributed by atoms with E-state index in [4.69, 9.17) is 0 Å². The Bertz CT molecular complexity index is 487. The summed E-state index contributed by atoms with van der Waals surface area (Å²) in [6.07, 6.45) is -6.11. The molecular formula is C11H10F3NO4. The summed E-state index contributed by atoms with van der Waals surface area (Å²) in [5.74, 6) is -2.27. The molecule has 0 aliphatic carbocycles. The van der Waals surface area contributed by atoms with Crippen LogP contribution < -0.4 is 0 Å². The number of nitrogens with zero attached hydrogens (tertiary/aromatic N) is 1. The average Bonchev–Trinajstić information content (AvgIpc) is 2.27. The minimum atomic E-state index is -5.04. The van der Waals surface area contributed by atoms with Gasteiger partial charge in [0.05, 0.1) is 4.92 Å². The molecule has 1 aromatic rings. The molecule has 0 radical (unpaired) electrons. The number of rotatable bonds is 4. The highest BCUT2D eigenvalue weighted by molar-refractivity contribution is 5.75. The average molecular weight is 277 g/mol. The van der Waals surface area contributed by atoms with Crippen LogP contribution in [0.25, 0.3) is 0 Å². The third-order valence-electron chi connectivity index (χ3n) is 2.18. The molecule has 0 aliphatic rings. The monoisotopic (exact) mass is 277 g/mol. The Morgan fingerprint density at radius 1 is 1.47 bits per heavy atom. The summed E-state index contributed by atoms with van der Waals surface area (Å²) >= 11 is 0. The zero-order chi connectivity index (χ0) is 14.6. The Morgan fingerprint density at radius 3 is 2.63 bits per heavy atom. The lowest BCUT2D eigenvalue weighted by molar-refractivity contribution is -0.384. The standard InChI is InChI=1S/C11H10F3NO4/c1-7(19-10(16)11(12,13)14)5-8-3-2-4-9(6-8)15(17)18/h2-4,6-7H,5H2,1H3. The molecule has 0 spiro atoms. The van der Waals surface area contributed by atoms with Gasteiger partial charge in [0.1, 0.15) is 6.10 Å². The summed E-state index contributed by atoms with van der Waals surface area (Å²) in [5.41, 5.74) is 0.239. The number of benzene rings is 1. The number of carbonyl (C=O) groups is 1. The Kier molecular flexibility index (Phi) is 4.47. The number of hydrogen-bond acceptors (Lipinski definition) is 4. The highest BCUT2D eigenvalue weighted by atomic mass is 19.4. The predicted octanol–water partition coefficient (Wildman–Crippen LogP) is 2.63. The van der Waals surface area contributed by atoms with Gasteiger partial charge in [-0.15, -0.1) is 0 Å².